The summed E-state index contributed by atoms with van der Waals surface area (Å²) in [5.74, 6) is -0.776. The van der Waals surface area contributed by atoms with Crippen molar-refractivity contribution in [3.8, 4) is 11.6 Å². The predicted molar refractivity (Wildman–Crippen MR) is 69.7 cm³/mol. The maximum Gasteiger partial charge on any atom is 0.288 e. The number of nitro benzene ring substituents is 1. The molecule has 1 aromatic heterocycles. The molecular weight excluding hydrogens is 291 g/mol. The fourth-order valence-corrected chi connectivity index (χ4v) is 1.59. The lowest BCUT2D eigenvalue weighted by Gasteiger charge is -2.07. The number of hydrogen-bond acceptors (Lipinski definition) is 6. The second-order valence-corrected chi connectivity index (χ2v) is 3.98. The molecule has 0 saturated heterocycles. The highest BCUT2D eigenvalue weighted by atomic mass is 35.5. The van der Waals surface area contributed by atoms with Crippen molar-refractivity contribution < 1.29 is 14.1 Å². The van der Waals surface area contributed by atoms with Crippen LogP contribution in [0.4, 0.5) is 16.0 Å². The second-order valence-electron chi connectivity index (χ2n) is 3.57. The molecule has 7 nitrogen and oxygen atoms in total. The monoisotopic (exact) mass is 298 g/mol. The van der Waals surface area contributed by atoms with Gasteiger partial charge >= 0.3 is 0 Å². The van der Waals surface area contributed by atoms with Gasteiger partial charge in [-0.15, -0.1) is 0 Å². The third-order valence-electron chi connectivity index (χ3n) is 2.27. The highest BCUT2D eigenvalue weighted by molar-refractivity contribution is 6.32. The molecule has 0 bridgehead atoms. The van der Waals surface area contributed by atoms with E-state index in [0.717, 1.165) is 12.3 Å². The van der Waals surface area contributed by atoms with E-state index in [9.17, 15) is 14.5 Å². The molecule has 0 aliphatic heterocycles. The van der Waals surface area contributed by atoms with Crippen molar-refractivity contribution in [2.45, 2.75) is 0 Å². The van der Waals surface area contributed by atoms with Crippen molar-refractivity contribution in [3.63, 3.8) is 0 Å². The van der Waals surface area contributed by atoms with Crippen molar-refractivity contribution in [2.24, 2.45) is 0 Å². The summed E-state index contributed by atoms with van der Waals surface area (Å²) in [4.78, 5) is 17.4. The van der Waals surface area contributed by atoms with Gasteiger partial charge in [-0.2, -0.15) is 9.37 Å². The maximum absolute atomic E-state index is 13.5. The van der Waals surface area contributed by atoms with Gasteiger partial charge in [0.2, 0.25) is 11.8 Å². The lowest BCUT2D eigenvalue weighted by molar-refractivity contribution is -0.384. The highest BCUT2D eigenvalue weighted by Crippen LogP contribution is 2.31. The van der Waals surface area contributed by atoms with Crippen molar-refractivity contribution in [2.75, 3.05) is 12.4 Å². The molecule has 20 heavy (non-hydrogen) atoms. The first-order valence-electron chi connectivity index (χ1n) is 5.33. The molecule has 0 amide bonds. The van der Waals surface area contributed by atoms with Crippen LogP contribution in [0.2, 0.25) is 5.02 Å². The van der Waals surface area contributed by atoms with Gasteiger partial charge in [0.25, 0.3) is 11.6 Å². The molecular formula is C11H8ClFN4O3. The number of halogens is 2. The summed E-state index contributed by atoms with van der Waals surface area (Å²) in [6.07, 6.45) is 0.946. The van der Waals surface area contributed by atoms with Crippen molar-refractivity contribution in [1.82, 2.24) is 9.97 Å². The third kappa shape index (κ3) is 2.91. The topological polar surface area (TPSA) is 90.2 Å². The summed E-state index contributed by atoms with van der Waals surface area (Å²) in [6, 6.07) is 3.67. The molecule has 2 aromatic rings. The Labute approximate surface area is 117 Å². The first kappa shape index (κ1) is 13.9. The van der Waals surface area contributed by atoms with Crippen LogP contribution in [0.15, 0.2) is 24.4 Å². The Hall–Kier alpha value is -2.48. The fraction of sp³-hybridized carbons (Fsp3) is 0.0909. The summed E-state index contributed by atoms with van der Waals surface area (Å²) in [5.41, 5.74) is -0.266. The number of rotatable bonds is 4. The molecule has 0 saturated carbocycles. The third-order valence-corrected chi connectivity index (χ3v) is 2.57. The summed E-state index contributed by atoms with van der Waals surface area (Å²) < 4.78 is 18.7. The van der Waals surface area contributed by atoms with Crippen LogP contribution in [-0.4, -0.2) is 21.9 Å². The van der Waals surface area contributed by atoms with Gasteiger partial charge in [0.1, 0.15) is 10.8 Å². The molecule has 0 radical (unpaired) electrons. The molecule has 0 aliphatic rings. The van der Waals surface area contributed by atoms with Gasteiger partial charge in [0.15, 0.2) is 0 Å². The molecule has 2 rings (SSSR count). The van der Waals surface area contributed by atoms with Crippen LogP contribution in [0, 0.1) is 15.9 Å². The first-order chi connectivity index (χ1) is 9.51. The van der Waals surface area contributed by atoms with Gasteiger partial charge in [0, 0.05) is 19.2 Å². The molecule has 104 valence electrons. The Morgan fingerprint density at radius 2 is 2.25 bits per heavy atom. The average Bonchev–Trinajstić information content (AvgIpc) is 2.41. The summed E-state index contributed by atoms with van der Waals surface area (Å²) >= 11 is 5.73. The summed E-state index contributed by atoms with van der Waals surface area (Å²) in [7, 11) is 1.57. The van der Waals surface area contributed by atoms with E-state index in [0.29, 0.717) is 0 Å². The van der Waals surface area contributed by atoms with Crippen LogP contribution in [0.1, 0.15) is 0 Å². The zero-order chi connectivity index (χ0) is 14.7. The number of benzene rings is 1. The van der Waals surface area contributed by atoms with Crippen molar-refractivity contribution in [1.29, 1.82) is 0 Å². The van der Waals surface area contributed by atoms with Crippen LogP contribution in [0.5, 0.6) is 11.6 Å². The first-order valence-corrected chi connectivity index (χ1v) is 5.71. The summed E-state index contributed by atoms with van der Waals surface area (Å²) in [5, 5.41) is 13.1. The minimum atomic E-state index is -0.765. The van der Waals surface area contributed by atoms with E-state index in [1.165, 1.54) is 12.1 Å². The molecule has 0 unspecified atom stereocenters. The van der Waals surface area contributed by atoms with Gasteiger partial charge in [-0.3, -0.25) is 10.1 Å². The fourth-order valence-electron chi connectivity index (χ4n) is 1.35. The number of nitrogens with one attached hydrogen (secondary N) is 1. The van der Waals surface area contributed by atoms with Crippen molar-refractivity contribution >= 4 is 23.2 Å². The Balaban J connectivity index is 2.30. The Bertz CT molecular complexity index is 668. The molecule has 0 aliphatic carbocycles. The minimum Gasteiger partial charge on any atom is -0.436 e. The molecule has 1 N–H and O–H groups in total. The van der Waals surface area contributed by atoms with Gasteiger partial charge in [-0.1, -0.05) is 11.6 Å². The predicted octanol–water partition coefficient (Wildman–Crippen LogP) is 3.01. The van der Waals surface area contributed by atoms with Crippen LogP contribution < -0.4 is 10.1 Å². The number of nitro groups is 1. The average molecular weight is 299 g/mol. The van der Waals surface area contributed by atoms with Gasteiger partial charge in [0.05, 0.1) is 11.1 Å². The van der Waals surface area contributed by atoms with Gasteiger partial charge < -0.3 is 10.1 Å². The normalized spacial score (nSPS) is 10.2. The van der Waals surface area contributed by atoms with Crippen molar-refractivity contribution in [3.05, 3.63) is 45.4 Å². The molecule has 0 fully saturated rings. The van der Waals surface area contributed by atoms with E-state index in [1.807, 2.05) is 0 Å². The van der Waals surface area contributed by atoms with E-state index < -0.39 is 10.7 Å². The van der Waals surface area contributed by atoms with E-state index >= 15 is 0 Å². The minimum absolute atomic E-state index is 0.115. The number of anilines is 1. The van der Waals surface area contributed by atoms with E-state index in [1.54, 1.807) is 7.05 Å². The lowest BCUT2D eigenvalue weighted by Crippen LogP contribution is -2.00. The summed E-state index contributed by atoms with van der Waals surface area (Å²) in [6.45, 7) is 0. The number of hydrogen-bond donors (Lipinski definition) is 1. The number of ether oxygens (including phenoxy) is 1. The molecule has 9 heteroatoms. The van der Waals surface area contributed by atoms with Crippen LogP contribution in [-0.2, 0) is 0 Å². The zero-order valence-corrected chi connectivity index (χ0v) is 10.9. The number of nitrogens with zero attached hydrogens (tertiary/aromatic N) is 3. The molecule has 0 spiro atoms. The van der Waals surface area contributed by atoms with Crippen LogP contribution in [0.3, 0.4) is 0 Å². The van der Waals surface area contributed by atoms with E-state index in [4.69, 9.17) is 16.3 Å². The quantitative estimate of drug-likeness (QED) is 0.689. The SMILES string of the molecule is CNc1ncc(F)c(Oc2ccc([N+](=O)[O-])c(Cl)c2)n1. The lowest BCUT2D eigenvalue weighted by atomic mass is 10.3. The standard InChI is InChI=1S/C11H8ClFN4O3/c1-14-11-15-5-8(13)10(16-11)20-6-2-3-9(17(18)19)7(12)4-6/h2-5H,1H3,(H,14,15,16). The molecule has 1 heterocycles. The Morgan fingerprint density at radius 1 is 1.50 bits per heavy atom. The van der Waals surface area contributed by atoms with Gasteiger partial charge in [-0.25, -0.2) is 4.98 Å². The smallest absolute Gasteiger partial charge is 0.288 e. The van der Waals surface area contributed by atoms with Crippen LogP contribution >= 0.6 is 11.6 Å². The molecule has 1 aromatic carbocycles. The number of aromatic nitrogens is 2. The van der Waals surface area contributed by atoms with Crippen LogP contribution in [0.25, 0.3) is 0 Å². The Kier molecular flexibility index (Phi) is 3.94. The maximum atomic E-state index is 13.5. The van der Waals surface area contributed by atoms with Gasteiger partial charge in [-0.05, 0) is 6.07 Å². The van der Waals surface area contributed by atoms with E-state index in [-0.39, 0.29) is 28.3 Å². The second kappa shape index (κ2) is 5.66. The highest BCUT2D eigenvalue weighted by Gasteiger charge is 2.15. The largest absolute Gasteiger partial charge is 0.436 e. The Morgan fingerprint density at radius 3 is 2.85 bits per heavy atom. The molecule has 0 atom stereocenters. The zero-order valence-electron chi connectivity index (χ0n) is 10.1. The van der Waals surface area contributed by atoms with E-state index in [2.05, 4.69) is 15.3 Å².